The Kier molecular flexibility index (Phi) is 3.58. The van der Waals surface area contributed by atoms with E-state index in [2.05, 4.69) is 0 Å². The first-order valence-corrected chi connectivity index (χ1v) is 7.91. The van der Waals surface area contributed by atoms with Crippen LogP contribution in [0.25, 0.3) is 27.2 Å². The summed E-state index contributed by atoms with van der Waals surface area (Å²) in [5.41, 5.74) is 0.907. The first-order chi connectivity index (χ1) is 12.2. The van der Waals surface area contributed by atoms with Crippen molar-refractivity contribution < 1.29 is 9.53 Å². The molecule has 0 N–H and O–H groups in total. The third-order valence-corrected chi connectivity index (χ3v) is 4.35. The molecule has 4 aromatic rings. The zero-order chi connectivity index (χ0) is 17.4. The molecule has 0 aliphatic carbocycles. The average Bonchev–Trinajstić information content (AvgIpc) is 2.68. The Morgan fingerprint density at radius 1 is 0.880 bits per heavy atom. The lowest BCUT2D eigenvalue weighted by Gasteiger charge is -2.13. The van der Waals surface area contributed by atoms with Crippen molar-refractivity contribution in [3.05, 3.63) is 88.8 Å². The van der Waals surface area contributed by atoms with E-state index in [9.17, 15) is 9.59 Å². The zero-order valence-electron chi connectivity index (χ0n) is 13.6. The summed E-state index contributed by atoms with van der Waals surface area (Å²) in [6.07, 6.45) is 1.56. The molecule has 0 amide bonds. The molecule has 4 heteroatoms. The number of hydrogen-bond acceptors (Lipinski definition) is 3. The summed E-state index contributed by atoms with van der Waals surface area (Å²) in [4.78, 5) is 25.5. The molecule has 0 atom stereocenters. The summed E-state index contributed by atoms with van der Waals surface area (Å²) >= 11 is 0. The first-order valence-electron chi connectivity index (χ1n) is 7.91. The molecule has 0 aliphatic heterocycles. The molecule has 4 rings (SSSR count). The van der Waals surface area contributed by atoms with E-state index in [4.69, 9.17) is 4.74 Å². The van der Waals surface area contributed by atoms with Crippen LogP contribution in [0.1, 0.15) is 10.4 Å². The fourth-order valence-corrected chi connectivity index (χ4v) is 3.16. The second-order valence-electron chi connectivity index (χ2n) is 5.75. The third kappa shape index (κ3) is 2.39. The Balaban J connectivity index is 2.21. The molecule has 0 bridgehead atoms. The number of nitrogens with zero attached hydrogens (tertiary/aromatic N) is 1. The van der Waals surface area contributed by atoms with Crippen LogP contribution in [0.4, 0.5) is 0 Å². The van der Waals surface area contributed by atoms with E-state index >= 15 is 0 Å². The van der Waals surface area contributed by atoms with Crippen molar-refractivity contribution in [3.8, 4) is 5.69 Å². The number of fused-ring (bicyclic) bond motifs is 3. The van der Waals surface area contributed by atoms with Crippen molar-refractivity contribution in [2.75, 3.05) is 7.11 Å². The molecule has 0 radical (unpaired) electrons. The van der Waals surface area contributed by atoms with Crippen LogP contribution in [0.5, 0.6) is 0 Å². The van der Waals surface area contributed by atoms with Gasteiger partial charge in [-0.25, -0.2) is 4.79 Å². The number of carbonyl (C=O) groups excluding carboxylic acids is 1. The number of carbonyl (C=O) groups is 1. The molecule has 122 valence electrons. The lowest BCUT2D eigenvalue weighted by molar-refractivity contribution is 0.0602. The van der Waals surface area contributed by atoms with E-state index in [1.807, 2.05) is 60.7 Å². The smallest absolute Gasteiger partial charge is 0.340 e. The number of ether oxygens (including phenoxy) is 1. The van der Waals surface area contributed by atoms with Gasteiger partial charge in [-0.15, -0.1) is 0 Å². The van der Waals surface area contributed by atoms with Crippen molar-refractivity contribution in [3.63, 3.8) is 0 Å². The summed E-state index contributed by atoms with van der Waals surface area (Å²) in [6.45, 7) is 0. The van der Waals surface area contributed by atoms with Gasteiger partial charge >= 0.3 is 5.97 Å². The second kappa shape index (κ2) is 5.91. The van der Waals surface area contributed by atoms with E-state index in [0.29, 0.717) is 22.0 Å². The number of aromatic nitrogens is 1. The Bertz CT molecular complexity index is 1160. The number of esters is 1. The molecule has 0 unspecified atom stereocenters. The van der Waals surface area contributed by atoms with Crippen LogP contribution in [-0.2, 0) is 4.74 Å². The van der Waals surface area contributed by atoms with Crippen LogP contribution < -0.4 is 5.56 Å². The van der Waals surface area contributed by atoms with Crippen LogP contribution in [0.3, 0.4) is 0 Å². The van der Waals surface area contributed by atoms with Crippen molar-refractivity contribution in [2.45, 2.75) is 0 Å². The quantitative estimate of drug-likeness (QED) is 0.413. The van der Waals surface area contributed by atoms with Gasteiger partial charge in [-0.05, 0) is 22.9 Å². The summed E-state index contributed by atoms with van der Waals surface area (Å²) < 4.78 is 6.43. The lowest BCUT2D eigenvalue weighted by atomic mass is 10.00. The Morgan fingerprint density at radius 2 is 1.60 bits per heavy atom. The Hall–Kier alpha value is -3.40. The number of methoxy groups -OCH3 is 1. The highest BCUT2D eigenvalue weighted by Crippen LogP contribution is 2.26. The van der Waals surface area contributed by atoms with Gasteiger partial charge in [0, 0.05) is 17.3 Å². The fraction of sp³-hybridized carbons (Fsp3) is 0.0476. The molecule has 3 aromatic carbocycles. The molecule has 4 nitrogen and oxygen atoms in total. The highest BCUT2D eigenvalue weighted by Gasteiger charge is 2.17. The van der Waals surface area contributed by atoms with E-state index in [1.165, 1.54) is 11.7 Å². The molecule has 0 spiro atoms. The molecule has 0 aliphatic rings. The summed E-state index contributed by atoms with van der Waals surface area (Å²) in [5.74, 6) is -0.468. The first kappa shape index (κ1) is 15.1. The highest BCUT2D eigenvalue weighted by atomic mass is 16.5. The van der Waals surface area contributed by atoms with Gasteiger partial charge < -0.3 is 4.74 Å². The van der Waals surface area contributed by atoms with Gasteiger partial charge in [-0.3, -0.25) is 9.36 Å². The monoisotopic (exact) mass is 329 g/mol. The maximum atomic E-state index is 13.2. The highest BCUT2D eigenvalue weighted by molar-refractivity contribution is 6.13. The molecule has 1 aromatic heterocycles. The molecule has 25 heavy (non-hydrogen) atoms. The van der Waals surface area contributed by atoms with Gasteiger partial charge in [0.05, 0.1) is 18.1 Å². The van der Waals surface area contributed by atoms with Gasteiger partial charge in [0.15, 0.2) is 0 Å². The predicted molar refractivity (Wildman–Crippen MR) is 98.4 cm³/mol. The number of para-hydroxylation sites is 1. The number of hydrogen-bond donors (Lipinski definition) is 0. The van der Waals surface area contributed by atoms with Crippen molar-refractivity contribution >= 4 is 27.5 Å². The summed E-state index contributed by atoms with van der Waals surface area (Å²) in [7, 11) is 1.34. The minimum Gasteiger partial charge on any atom is -0.465 e. The van der Waals surface area contributed by atoms with Gasteiger partial charge in [-0.2, -0.15) is 0 Å². The molecule has 0 saturated carbocycles. The normalized spacial score (nSPS) is 10.9. The van der Waals surface area contributed by atoms with Crippen molar-refractivity contribution in [2.24, 2.45) is 0 Å². The van der Waals surface area contributed by atoms with Crippen LogP contribution >= 0.6 is 0 Å². The summed E-state index contributed by atoms with van der Waals surface area (Å²) in [6, 6.07) is 20.6. The summed E-state index contributed by atoms with van der Waals surface area (Å²) in [5, 5.41) is 2.89. The minimum atomic E-state index is -0.468. The van der Waals surface area contributed by atoms with E-state index in [-0.39, 0.29) is 5.56 Å². The van der Waals surface area contributed by atoms with Gasteiger partial charge in [0.25, 0.3) is 5.56 Å². The lowest BCUT2D eigenvalue weighted by Crippen LogP contribution is -2.21. The standard InChI is InChI=1S/C21H15NO3/c1-25-21(24)18-13-22(15-8-3-2-4-9-15)20(23)19-16-10-6-5-7-14(16)11-12-17(18)19/h2-13H,1H3. The topological polar surface area (TPSA) is 48.3 Å². The Labute approximate surface area is 143 Å². The van der Waals surface area contributed by atoms with Crippen molar-refractivity contribution in [1.29, 1.82) is 0 Å². The molecule has 1 heterocycles. The SMILES string of the molecule is COC(=O)c1cn(-c2ccccc2)c(=O)c2c1ccc1ccccc12. The number of benzene rings is 3. The van der Waals surface area contributed by atoms with Crippen LogP contribution in [0.15, 0.2) is 77.7 Å². The number of rotatable bonds is 2. The largest absolute Gasteiger partial charge is 0.465 e. The molecular weight excluding hydrogens is 314 g/mol. The van der Waals surface area contributed by atoms with E-state index < -0.39 is 5.97 Å². The predicted octanol–water partition coefficient (Wildman–Crippen LogP) is 3.93. The number of pyridine rings is 1. The minimum absolute atomic E-state index is 0.161. The van der Waals surface area contributed by atoms with Crippen LogP contribution in [0.2, 0.25) is 0 Å². The maximum absolute atomic E-state index is 13.2. The van der Waals surface area contributed by atoms with Gasteiger partial charge in [-0.1, -0.05) is 54.6 Å². The second-order valence-corrected chi connectivity index (χ2v) is 5.75. The van der Waals surface area contributed by atoms with Gasteiger partial charge in [0.1, 0.15) is 0 Å². The molecule has 0 fully saturated rings. The zero-order valence-corrected chi connectivity index (χ0v) is 13.6. The Morgan fingerprint density at radius 3 is 2.36 bits per heavy atom. The van der Waals surface area contributed by atoms with Crippen LogP contribution in [0, 0.1) is 0 Å². The van der Waals surface area contributed by atoms with Gasteiger partial charge in [0.2, 0.25) is 0 Å². The fourth-order valence-electron chi connectivity index (χ4n) is 3.16. The van der Waals surface area contributed by atoms with E-state index in [1.54, 1.807) is 12.3 Å². The molecule has 0 saturated heterocycles. The average molecular weight is 329 g/mol. The van der Waals surface area contributed by atoms with Crippen LogP contribution in [-0.4, -0.2) is 17.6 Å². The van der Waals surface area contributed by atoms with Crippen molar-refractivity contribution in [1.82, 2.24) is 4.57 Å². The van der Waals surface area contributed by atoms with E-state index in [0.717, 1.165) is 10.8 Å². The molecular formula is C21H15NO3. The maximum Gasteiger partial charge on any atom is 0.340 e. The third-order valence-electron chi connectivity index (χ3n) is 4.35.